The Balaban J connectivity index is 0.00000625. The number of alkyl carbamates (subject to hydrolysis) is 1. The van der Waals surface area contributed by atoms with E-state index in [1.165, 1.54) is 19.3 Å². The third-order valence-electron chi connectivity index (χ3n) is 3.70. The molecule has 8 nitrogen and oxygen atoms in total. The number of hydrogen-bond donors (Lipinski definition) is 4. The van der Waals surface area contributed by atoms with Crippen molar-refractivity contribution < 1.29 is 14.3 Å². The molecule has 1 saturated carbocycles. The van der Waals surface area contributed by atoms with Gasteiger partial charge in [-0.2, -0.15) is 0 Å². The predicted octanol–water partition coefficient (Wildman–Crippen LogP) is 1.74. The summed E-state index contributed by atoms with van der Waals surface area (Å²) in [6, 6.07) is 0.302. The van der Waals surface area contributed by atoms with E-state index in [0.717, 1.165) is 12.8 Å². The van der Waals surface area contributed by atoms with Gasteiger partial charge in [-0.05, 0) is 33.6 Å². The maximum Gasteiger partial charge on any atom is 0.407 e. The molecule has 0 bridgehead atoms. The van der Waals surface area contributed by atoms with Gasteiger partial charge in [0.1, 0.15) is 5.60 Å². The fraction of sp³-hybridized carbons (Fsp3) is 0.824. The Morgan fingerprint density at radius 3 is 2.23 bits per heavy atom. The van der Waals surface area contributed by atoms with Gasteiger partial charge in [-0.25, -0.2) is 4.79 Å². The molecule has 152 valence electrons. The summed E-state index contributed by atoms with van der Waals surface area (Å²) in [7, 11) is 1.63. The molecule has 1 fully saturated rings. The van der Waals surface area contributed by atoms with Crippen LogP contribution in [0.3, 0.4) is 0 Å². The number of amides is 2. The van der Waals surface area contributed by atoms with Gasteiger partial charge >= 0.3 is 6.09 Å². The number of rotatable bonds is 6. The molecule has 9 heteroatoms. The summed E-state index contributed by atoms with van der Waals surface area (Å²) in [6.07, 6.45) is 5.31. The van der Waals surface area contributed by atoms with E-state index in [4.69, 9.17) is 4.74 Å². The summed E-state index contributed by atoms with van der Waals surface area (Å²) in [5.41, 5.74) is -0.513. The van der Waals surface area contributed by atoms with Crippen molar-refractivity contribution in [3.8, 4) is 0 Å². The molecule has 0 atom stereocenters. The largest absolute Gasteiger partial charge is 0.444 e. The van der Waals surface area contributed by atoms with Gasteiger partial charge in [0, 0.05) is 26.2 Å². The van der Waals surface area contributed by atoms with Crippen LogP contribution in [-0.2, 0) is 9.53 Å². The smallest absolute Gasteiger partial charge is 0.407 e. The fourth-order valence-corrected chi connectivity index (χ4v) is 2.57. The first-order valence-electron chi connectivity index (χ1n) is 9.01. The van der Waals surface area contributed by atoms with Gasteiger partial charge in [-0.3, -0.25) is 9.79 Å². The summed E-state index contributed by atoms with van der Waals surface area (Å²) < 4.78 is 5.15. The minimum atomic E-state index is -0.513. The van der Waals surface area contributed by atoms with Crippen LogP contribution in [0.2, 0.25) is 0 Å². The Hall–Kier alpha value is -1.26. The second-order valence-corrected chi connectivity index (χ2v) is 7.18. The molecule has 1 aliphatic carbocycles. The number of guanidine groups is 1. The first-order valence-corrected chi connectivity index (χ1v) is 9.01. The van der Waals surface area contributed by atoms with Crippen molar-refractivity contribution in [2.75, 3.05) is 26.7 Å². The molecule has 0 aromatic rings. The van der Waals surface area contributed by atoms with E-state index in [2.05, 4.69) is 26.3 Å². The van der Waals surface area contributed by atoms with Crippen molar-refractivity contribution in [3.05, 3.63) is 0 Å². The van der Waals surface area contributed by atoms with Crippen molar-refractivity contribution in [2.45, 2.75) is 64.5 Å². The number of carbonyl (C=O) groups excluding carboxylic acids is 2. The molecule has 0 saturated heterocycles. The predicted molar refractivity (Wildman–Crippen MR) is 114 cm³/mol. The molecule has 0 aromatic heterocycles. The summed E-state index contributed by atoms with van der Waals surface area (Å²) in [5, 5.41) is 11.7. The molecule has 26 heavy (non-hydrogen) atoms. The maximum atomic E-state index is 12.0. The highest BCUT2D eigenvalue weighted by Crippen LogP contribution is 2.17. The second-order valence-electron chi connectivity index (χ2n) is 7.18. The molecular formula is C17H34IN5O3. The standard InChI is InChI=1S/C17H33N5O3.HI/c1-17(2,3)25-16(24)20-11-10-19-15(18-4)21-12-14(23)22-13-8-6-5-7-9-13;/h13H,5-12H2,1-4H3,(H,20,24)(H,22,23)(H2,18,19,21);1H. The zero-order valence-electron chi connectivity index (χ0n) is 16.3. The quantitative estimate of drug-likeness (QED) is 0.200. The van der Waals surface area contributed by atoms with E-state index in [9.17, 15) is 9.59 Å². The summed E-state index contributed by atoms with van der Waals surface area (Å²) in [5.74, 6) is 0.492. The van der Waals surface area contributed by atoms with Gasteiger partial charge in [0.2, 0.25) is 5.91 Å². The number of ether oxygens (including phenoxy) is 1. The van der Waals surface area contributed by atoms with Gasteiger partial charge < -0.3 is 26.0 Å². The van der Waals surface area contributed by atoms with E-state index in [1.54, 1.807) is 7.05 Å². The van der Waals surface area contributed by atoms with Crippen molar-refractivity contribution in [1.82, 2.24) is 21.3 Å². The lowest BCUT2D eigenvalue weighted by atomic mass is 9.95. The highest BCUT2D eigenvalue weighted by Gasteiger charge is 2.16. The van der Waals surface area contributed by atoms with Crippen LogP contribution in [0.25, 0.3) is 0 Å². The first kappa shape index (κ1) is 24.7. The monoisotopic (exact) mass is 483 g/mol. The lowest BCUT2D eigenvalue weighted by molar-refractivity contribution is -0.120. The normalized spacial score (nSPS) is 15.5. The number of hydrogen-bond acceptors (Lipinski definition) is 4. The number of nitrogens with zero attached hydrogens (tertiary/aromatic N) is 1. The molecule has 0 aliphatic heterocycles. The van der Waals surface area contributed by atoms with Crippen LogP contribution in [0.5, 0.6) is 0 Å². The molecule has 4 N–H and O–H groups in total. The fourth-order valence-electron chi connectivity index (χ4n) is 2.57. The van der Waals surface area contributed by atoms with Crippen LogP contribution < -0.4 is 21.3 Å². The van der Waals surface area contributed by atoms with Crippen molar-refractivity contribution in [2.24, 2.45) is 4.99 Å². The van der Waals surface area contributed by atoms with Crippen LogP contribution in [0, 0.1) is 0 Å². The van der Waals surface area contributed by atoms with Crippen molar-refractivity contribution in [3.63, 3.8) is 0 Å². The van der Waals surface area contributed by atoms with Gasteiger partial charge in [0.25, 0.3) is 0 Å². The second kappa shape index (κ2) is 13.0. The molecular weight excluding hydrogens is 449 g/mol. The summed E-state index contributed by atoms with van der Waals surface area (Å²) in [4.78, 5) is 27.5. The lowest BCUT2D eigenvalue weighted by Gasteiger charge is -2.23. The van der Waals surface area contributed by atoms with Gasteiger partial charge in [0.05, 0.1) is 6.54 Å². The number of halogens is 1. The molecule has 0 unspecified atom stereocenters. The zero-order valence-corrected chi connectivity index (χ0v) is 18.6. The van der Waals surface area contributed by atoms with E-state index >= 15 is 0 Å². The Bertz CT molecular complexity index is 460. The van der Waals surface area contributed by atoms with Crippen molar-refractivity contribution in [1.29, 1.82) is 0 Å². The van der Waals surface area contributed by atoms with E-state index in [1.807, 2.05) is 20.8 Å². The van der Waals surface area contributed by atoms with Crippen LogP contribution >= 0.6 is 24.0 Å². The van der Waals surface area contributed by atoms with Gasteiger partial charge in [-0.15, -0.1) is 24.0 Å². The van der Waals surface area contributed by atoms with Crippen molar-refractivity contribution >= 4 is 41.9 Å². The third-order valence-corrected chi connectivity index (χ3v) is 3.70. The van der Waals surface area contributed by atoms with E-state index < -0.39 is 11.7 Å². The molecule has 1 aliphatic rings. The summed E-state index contributed by atoms with van der Waals surface area (Å²) >= 11 is 0. The topological polar surface area (TPSA) is 104 Å². The lowest BCUT2D eigenvalue weighted by Crippen LogP contribution is -2.47. The minimum absolute atomic E-state index is 0. The van der Waals surface area contributed by atoms with Crippen LogP contribution in [0.1, 0.15) is 52.9 Å². The van der Waals surface area contributed by atoms with E-state index in [0.29, 0.717) is 25.1 Å². The average molecular weight is 483 g/mol. The Kier molecular flexibility index (Phi) is 12.4. The van der Waals surface area contributed by atoms with Crippen LogP contribution in [0.15, 0.2) is 4.99 Å². The molecule has 0 radical (unpaired) electrons. The van der Waals surface area contributed by atoms with Gasteiger partial charge in [0.15, 0.2) is 5.96 Å². The Morgan fingerprint density at radius 2 is 1.65 bits per heavy atom. The molecule has 0 aromatic carbocycles. The third kappa shape index (κ3) is 12.2. The molecule has 0 heterocycles. The number of carbonyl (C=O) groups is 2. The Labute approximate surface area is 173 Å². The molecule has 2 amide bonds. The Morgan fingerprint density at radius 1 is 1.04 bits per heavy atom. The van der Waals surface area contributed by atoms with Crippen LogP contribution in [-0.4, -0.2) is 56.3 Å². The highest BCUT2D eigenvalue weighted by atomic mass is 127. The SMILES string of the molecule is CN=C(NCCNC(=O)OC(C)(C)C)NCC(=O)NC1CCCCC1.I. The molecule has 0 spiro atoms. The van der Waals surface area contributed by atoms with E-state index in [-0.39, 0.29) is 36.4 Å². The number of nitrogens with one attached hydrogen (secondary N) is 4. The van der Waals surface area contributed by atoms with Gasteiger partial charge in [-0.1, -0.05) is 19.3 Å². The number of aliphatic imine (C=N–C) groups is 1. The minimum Gasteiger partial charge on any atom is -0.444 e. The highest BCUT2D eigenvalue weighted by molar-refractivity contribution is 14.0. The van der Waals surface area contributed by atoms with Crippen LogP contribution in [0.4, 0.5) is 4.79 Å². The maximum absolute atomic E-state index is 12.0. The average Bonchev–Trinajstić information content (AvgIpc) is 2.53. The summed E-state index contributed by atoms with van der Waals surface area (Å²) in [6.45, 7) is 6.49. The molecule has 1 rings (SSSR count). The first-order chi connectivity index (χ1) is 11.8. The zero-order chi connectivity index (χ0) is 18.7.